The average molecular weight is 388 g/mol. The van der Waals surface area contributed by atoms with Crippen molar-refractivity contribution < 1.29 is 33.9 Å². The van der Waals surface area contributed by atoms with Crippen LogP contribution < -0.4 is 18.9 Å². The van der Waals surface area contributed by atoms with E-state index >= 15 is 0 Å². The lowest BCUT2D eigenvalue weighted by atomic mass is 9.87. The third-order valence-corrected chi connectivity index (χ3v) is 5.22. The molecule has 7 heteroatoms. The SMILES string of the molecule is COCOc1ccc2c(c1C(O)C(C)O)OC[C@@H]1c3ccc(OC)cc3O[C@H]21. The Bertz CT molecular complexity index is 864. The average Bonchev–Trinajstić information content (AvgIpc) is 3.08. The highest BCUT2D eigenvalue weighted by atomic mass is 16.7. The van der Waals surface area contributed by atoms with Gasteiger partial charge in [-0.25, -0.2) is 0 Å². The topological polar surface area (TPSA) is 86.6 Å². The molecule has 2 heterocycles. The van der Waals surface area contributed by atoms with Gasteiger partial charge in [-0.05, 0) is 25.1 Å². The molecule has 0 fully saturated rings. The van der Waals surface area contributed by atoms with Crippen molar-refractivity contribution in [2.45, 2.75) is 31.2 Å². The van der Waals surface area contributed by atoms with Crippen molar-refractivity contribution in [2.24, 2.45) is 0 Å². The summed E-state index contributed by atoms with van der Waals surface area (Å²) in [4.78, 5) is 0. The zero-order chi connectivity index (χ0) is 19.8. The molecule has 2 aliphatic rings. The van der Waals surface area contributed by atoms with E-state index in [9.17, 15) is 10.2 Å². The Morgan fingerprint density at radius 2 is 1.93 bits per heavy atom. The second-order valence-corrected chi connectivity index (χ2v) is 6.99. The minimum Gasteiger partial charge on any atom is -0.497 e. The van der Waals surface area contributed by atoms with Crippen molar-refractivity contribution in [3.8, 4) is 23.0 Å². The van der Waals surface area contributed by atoms with E-state index in [1.807, 2.05) is 24.3 Å². The Morgan fingerprint density at radius 3 is 2.64 bits per heavy atom. The smallest absolute Gasteiger partial charge is 0.188 e. The number of methoxy groups -OCH3 is 2. The van der Waals surface area contributed by atoms with Crippen LogP contribution in [0.3, 0.4) is 0 Å². The molecule has 0 aliphatic carbocycles. The summed E-state index contributed by atoms with van der Waals surface area (Å²) in [5.41, 5.74) is 2.28. The molecule has 0 amide bonds. The van der Waals surface area contributed by atoms with Crippen LogP contribution in [0.1, 0.15) is 41.7 Å². The maximum Gasteiger partial charge on any atom is 0.188 e. The van der Waals surface area contributed by atoms with E-state index in [1.54, 1.807) is 13.2 Å². The highest BCUT2D eigenvalue weighted by Crippen LogP contribution is 2.54. The van der Waals surface area contributed by atoms with E-state index in [-0.39, 0.29) is 18.8 Å². The highest BCUT2D eigenvalue weighted by Gasteiger charge is 2.43. The number of hydrogen-bond acceptors (Lipinski definition) is 7. The molecule has 2 unspecified atom stereocenters. The standard InChI is InChI=1S/C21H24O7/c1-11(22)19(23)18-16(27-10-24-2)7-6-14-20-15(9-26-21(14)18)13-5-4-12(25-3)8-17(13)28-20/h4-8,11,15,19-20,22-23H,9-10H2,1-3H3/t11?,15-,19?,20-/m1/s1. The molecule has 2 aliphatic heterocycles. The molecule has 2 N–H and O–H groups in total. The van der Waals surface area contributed by atoms with Crippen LogP contribution >= 0.6 is 0 Å². The van der Waals surface area contributed by atoms with Crippen molar-refractivity contribution in [2.75, 3.05) is 27.6 Å². The summed E-state index contributed by atoms with van der Waals surface area (Å²) in [6.45, 7) is 1.93. The first-order chi connectivity index (χ1) is 13.5. The summed E-state index contributed by atoms with van der Waals surface area (Å²) in [6, 6.07) is 9.39. The number of fused-ring (bicyclic) bond motifs is 5. The van der Waals surface area contributed by atoms with Crippen LogP contribution in [0.2, 0.25) is 0 Å². The Balaban J connectivity index is 1.76. The first-order valence-corrected chi connectivity index (χ1v) is 9.17. The summed E-state index contributed by atoms with van der Waals surface area (Å²) in [5, 5.41) is 20.6. The van der Waals surface area contributed by atoms with Gasteiger partial charge in [-0.3, -0.25) is 0 Å². The van der Waals surface area contributed by atoms with Crippen LogP contribution in [0.15, 0.2) is 30.3 Å². The van der Waals surface area contributed by atoms with E-state index in [4.69, 9.17) is 23.7 Å². The van der Waals surface area contributed by atoms with Gasteiger partial charge in [0.25, 0.3) is 0 Å². The molecular weight excluding hydrogens is 364 g/mol. The maximum atomic E-state index is 10.6. The van der Waals surface area contributed by atoms with Gasteiger partial charge >= 0.3 is 0 Å². The molecule has 7 nitrogen and oxygen atoms in total. The predicted octanol–water partition coefficient (Wildman–Crippen LogP) is 2.70. The molecule has 0 saturated carbocycles. The van der Waals surface area contributed by atoms with Crippen LogP contribution in [0.4, 0.5) is 0 Å². The van der Waals surface area contributed by atoms with Crippen LogP contribution in [-0.4, -0.2) is 43.9 Å². The summed E-state index contributed by atoms with van der Waals surface area (Å²) >= 11 is 0. The van der Waals surface area contributed by atoms with Gasteiger partial charge in [0, 0.05) is 24.3 Å². The molecule has 0 aromatic heterocycles. The third kappa shape index (κ3) is 3.05. The van der Waals surface area contributed by atoms with E-state index in [2.05, 4.69) is 0 Å². The molecule has 0 bridgehead atoms. The predicted molar refractivity (Wildman–Crippen MR) is 100 cm³/mol. The molecule has 4 atom stereocenters. The number of ether oxygens (including phenoxy) is 5. The highest BCUT2D eigenvalue weighted by molar-refractivity contribution is 5.57. The van der Waals surface area contributed by atoms with Gasteiger partial charge in [-0.1, -0.05) is 6.07 Å². The van der Waals surface area contributed by atoms with Crippen molar-refractivity contribution in [3.63, 3.8) is 0 Å². The first-order valence-electron chi connectivity index (χ1n) is 9.17. The zero-order valence-electron chi connectivity index (χ0n) is 16.0. The molecule has 2 aromatic rings. The van der Waals surface area contributed by atoms with Crippen LogP contribution in [0.25, 0.3) is 0 Å². The van der Waals surface area contributed by atoms with E-state index in [0.717, 1.165) is 22.6 Å². The lowest BCUT2D eigenvalue weighted by Crippen LogP contribution is -2.26. The summed E-state index contributed by atoms with van der Waals surface area (Å²) in [5.74, 6) is 2.43. The Morgan fingerprint density at radius 1 is 1.14 bits per heavy atom. The van der Waals surface area contributed by atoms with Gasteiger partial charge in [0.05, 0.1) is 31.3 Å². The largest absolute Gasteiger partial charge is 0.497 e. The molecule has 0 radical (unpaired) electrons. The van der Waals surface area contributed by atoms with Crippen LogP contribution in [-0.2, 0) is 4.74 Å². The normalized spacial score (nSPS) is 21.5. The second kappa shape index (κ2) is 7.50. The monoisotopic (exact) mass is 388 g/mol. The molecule has 150 valence electrons. The fourth-order valence-electron chi connectivity index (χ4n) is 3.82. The first kappa shape index (κ1) is 18.9. The summed E-state index contributed by atoms with van der Waals surface area (Å²) < 4.78 is 28.2. The molecular formula is C21H24O7. The molecule has 4 rings (SSSR count). The van der Waals surface area contributed by atoms with Gasteiger partial charge < -0.3 is 33.9 Å². The lowest BCUT2D eigenvalue weighted by molar-refractivity contribution is 0.0174. The summed E-state index contributed by atoms with van der Waals surface area (Å²) in [7, 11) is 3.13. The fraction of sp³-hybridized carbons (Fsp3) is 0.429. The Labute approximate surface area is 163 Å². The van der Waals surface area contributed by atoms with Crippen LogP contribution in [0.5, 0.6) is 23.0 Å². The van der Waals surface area contributed by atoms with Gasteiger partial charge in [-0.2, -0.15) is 0 Å². The van der Waals surface area contributed by atoms with E-state index < -0.39 is 12.2 Å². The molecule has 2 aromatic carbocycles. The van der Waals surface area contributed by atoms with Gasteiger partial charge in [0.15, 0.2) is 6.79 Å². The number of rotatable bonds is 6. The minimum atomic E-state index is -1.16. The molecule has 0 saturated heterocycles. The van der Waals surface area contributed by atoms with Crippen molar-refractivity contribution in [1.82, 2.24) is 0 Å². The lowest BCUT2D eigenvalue weighted by Gasteiger charge is -2.31. The number of aliphatic hydroxyl groups excluding tert-OH is 2. The Hall–Kier alpha value is -2.48. The molecule has 0 spiro atoms. The third-order valence-electron chi connectivity index (χ3n) is 5.22. The summed E-state index contributed by atoms with van der Waals surface area (Å²) in [6.07, 6.45) is -2.41. The maximum absolute atomic E-state index is 10.6. The number of hydrogen-bond donors (Lipinski definition) is 2. The fourth-order valence-corrected chi connectivity index (χ4v) is 3.82. The molecule has 28 heavy (non-hydrogen) atoms. The minimum absolute atomic E-state index is 0.0199. The zero-order valence-corrected chi connectivity index (χ0v) is 16.0. The number of aliphatic hydroxyl groups is 2. The second-order valence-electron chi connectivity index (χ2n) is 6.99. The number of benzene rings is 2. The van der Waals surface area contributed by atoms with Gasteiger partial charge in [-0.15, -0.1) is 0 Å². The van der Waals surface area contributed by atoms with Crippen molar-refractivity contribution >= 4 is 0 Å². The van der Waals surface area contributed by atoms with Crippen LogP contribution in [0, 0.1) is 0 Å². The van der Waals surface area contributed by atoms with E-state index in [0.29, 0.717) is 23.7 Å². The quantitative estimate of drug-likeness (QED) is 0.736. The van der Waals surface area contributed by atoms with Gasteiger partial charge in [0.2, 0.25) is 0 Å². The van der Waals surface area contributed by atoms with E-state index in [1.165, 1.54) is 14.0 Å². The van der Waals surface area contributed by atoms with Gasteiger partial charge in [0.1, 0.15) is 35.2 Å². The Kier molecular flexibility index (Phi) is 5.05. The van der Waals surface area contributed by atoms with Crippen molar-refractivity contribution in [3.05, 3.63) is 47.0 Å². The van der Waals surface area contributed by atoms with Crippen molar-refractivity contribution in [1.29, 1.82) is 0 Å².